The molecule has 0 aliphatic carbocycles. The van der Waals surface area contributed by atoms with E-state index in [0.717, 1.165) is 12.8 Å². The van der Waals surface area contributed by atoms with Crippen LogP contribution in [0.3, 0.4) is 0 Å². The Labute approximate surface area is 57.6 Å². The maximum absolute atomic E-state index is 5.71. The lowest BCUT2D eigenvalue weighted by Crippen LogP contribution is -2.36. The number of rotatable bonds is 4. The average molecular weight is 130 g/mol. The molecule has 0 spiro atoms. The zero-order valence-electron chi connectivity index (χ0n) is 6.43. The summed E-state index contributed by atoms with van der Waals surface area (Å²) in [5.41, 5.74) is 11.1. The van der Waals surface area contributed by atoms with E-state index in [0.29, 0.717) is 12.5 Å². The molecule has 1 atom stereocenters. The third kappa shape index (κ3) is 2.82. The lowest BCUT2D eigenvalue weighted by molar-refractivity contribution is 0.401. The van der Waals surface area contributed by atoms with E-state index < -0.39 is 0 Å². The molecule has 0 aromatic carbocycles. The van der Waals surface area contributed by atoms with Crippen molar-refractivity contribution in [3.63, 3.8) is 0 Å². The lowest BCUT2D eigenvalue weighted by atomic mass is 9.95. The summed E-state index contributed by atoms with van der Waals surface area (Å²) in [5.74, 6) is 0.620. The monoisotopic (exact) mass is 130 g/mol. The first-order chi connectivity index (χ1) is 4.26. The third-order valence-electron chi connectivity index (χ3n) is 1.93. The summed E-state index contributed by atoms with van der Waals surface area (Å²) in [5, 5.41) is 0. The summed E-state index contributed by atoms with van der Waals surface area (Å²) >= 11 is 0. The van der Waals surface area contributed by atoms with Gasteiger partial charge in [-0.05, 0) is 5.92 Å². The predicted octanol–water partition coefficient (Wildman–Crippen LogP) is 0.709. The molecule has 2 nitrogen and oxygen atoms in total. The fourth-order valence-corrected chi connectivity index (χ4v) is 1.09. The van der Waals surface area contributed by atoms with E-state index in [1.807, 2.05) is 0 Å². The van der Waals surface area contributed by atoms with Gasteiger partial charge in [-0.2, -0.15) is 0 Å². The second-order valence-electron chi connectivity index (χ2n) is 2.48. The van der Waals surface area contributed by atoms with E-state index in [1.165, 1.54) is 0 Å². The average Bonchev–Trinajstić information content (AvgIpc) is 1.90. The molecule has 0 unspecified atom stereocenters. The van der Waals surface area contributed by atoms with Crippen LogP contribution in [0, 0.1) is 5.92 Å². The molecular formula is C7H18N2. The maximum atomic E-state index is 5.71. The Bertz CT molecular complexity index is 59.9. The molecule has 2 heteroatoms. The standard InChI is InChI=1S/C7H18N2/c1-3-6(4-2)7(9)5-8/h6-7H,3-5,8-9H2,1-2H3/t7-/m1/s1. The highest BCUT2D eigenvalue weighted by atomic mass is 14.7. The lowest BCUT2D eigenvalue weighted by Gasteiger charge is -2.18. The van der Waals surface area contributed by atoms with Crippen LogP contribution in [-0.2, 0) is 0 Å². The van der Waals surface area contributed by atoms with Gasteiger partial charge < -0.3 is 11.5 Å². The smallest absolute Gasteiger partial charge is 0.0191 e. The van der Waals surface area contributed by atoms with Gasteiger partial charge in [0.15, 0.2) is 0 Å². The van der Waals surface area contributed by atoms with Gasteiger partial charge in [0.05, 0.1) is 0 Å². The van der Waals surface area contributed by atoms with Crippen molar-refractivity contribution in [1.82, 2.24) is 0 Å². The van der Waals surface area contributed by atoms with Gasteiger partial charge in [0.25, 0.3) is 0 Å². The molecule has 0 radical (unpaired) electrons. The summed E-state index contributed by atoms with van der Waals surface area (Å²) in [6, 6.07) is 0.208. The minimum Gasteiger partial charge on any atom is -0.329 e. The van der Waals surface area contributed by atoms with Gasteiger partial charge in [0.1, 0.15) is 0 Å². The molecule has 0 rings (SSSR count). The molecule has 4 N–H and O–H groups in total. The molecule has 0 aromatic rings. The Hall–Kier alpha value is -0.0800. The summed E-state index contributed by atoms with van der Waals surface area (Å²) in [6.45, 7) is 4.93. The van der Waals surface area contributed by atoms with Gasteiger partial charge in [0, 0.05) is 12.6 Å². The van der Waals surface area contributed by atoms with Crippen molar-refractivity contribution >= 4 is 0 Å². The second kappa shape index (κ2) is 4.77. The molecule has 0 fully saturated rings. The molecule has 0 saturated carbocycles. The van der Waals surface area contributed by atoms with Crippen LogP contribution in [0.15, 0.2) is 0 Å². The van der Waals surface area contributed by atoms with Gasteiger partial charge in [-0.25, -0.2) is 0 Å². The van der Waals surface area contributed by atoms with Crippen molar-refractivity contribution in [3.8, 4) is 0 Å². The van der Waals surface area contributed by atoms with Crippen LogP contribution in [0.5, 0.6) is 0 Å². The quantitative estimate of drug-likeness (QED) is 0.589. The Morgan fingerprint density at radius 2 is 1.67 bits per heavy atom. The molecule has 0 aliphatic rings. The van der Waals surface area contributed by atoms with Gasteiger partial charge in [-0.1, -0.05) is 26.7 Å². The first-order valence-electron chi connectivity index (χ1n) is 3.71. The molecule has 56 valence electrons. The highest BCUT2D eigenvalue weighted by Gasteiger charge is 2.10. The highest BCUT2D eigenvalue weighted by molar-refractivity contribution is 4.70. The van der Waals surface area contributed by atoms with Crippen molar-refractivity contribution in [2.24, 2.45) is 17.4 Å². The molecule has 0 aromatic heterocycles. The Balaban J connectivity index is 3.50. The number of nitrogens with two attached hydrogens (primary N) is 2. The van der Waals surface area contributed by atoms with E-state index in [2.05, 4.69) is 13.8 Å². The van der Waals surface area contributed by atoms with Gasteiger partial charge in [0.2, 0.25) is 0 Å². The molecule has 0 aliphatic heterocycles. The van der Waals surface area contributed by atoms with Crippen LogP contribution >= 0.6 is 0 Å². The van der Waals surface area contributed by atoms with Crippen molar-refractivity contribution in [1.29, 1.82) is 0 Å². The van der Waals surface area contributed by atoms with Crippen LogP contribution in [0.25, 0.3) is 0 Å². The normalized spacial score (nSPS) is 14.3. The minimum atomic E-state index is 0.208. The van der Waals surface area contributed by atoms with Gasteiger partial charge in [-0.3, -0.25) is 0 Å². The van der Waals surface area contributed by atoms with E-state index in [9.17, 15) is 0 Å². The van der Waals surface area contributed by atoms with Crippen LogP contribution in [0.4, 0.5) is 0 Å². The minimum absolute atomic E-state index is 0.208. The fourth-order valence-electron chi connectivity index (χ4n) is 1.09. The Kier molecular flexibility index (Phi) is 4.72. The van der Waals surface area contributed by atoms with Gasteiger partial charge in [-0.15, -0.1) is 0 Å². The Morgan fingerprint density at radius 1 is 1.22 bits per heavy atom. The zero-order valence-corrected chi connectivity index (χ0v) is 6.43. The molecular weight excluding hydrogens is 112 g/mol. The SMILES string of the molecule is CCC(CC)[C@H](N)CN. The van der Waals surface area contributed by atoms with E-state index in [4.69, 9.17) is 11.5 Å². The van der Waals surface area contributed by atoms with E-state index in [1.54, 1.807) is 0 Å². The molecule has 0 bridgehead atoms. The number of hydrogen-bond donors (Lipinski definition) is 2. The van der Waals surface area contributed by atoms with Crippen LogP contribution in [-0.4, -0.2) is 12.6 Å². The molecule has 9 heavy (non-hydrogen) atoms. The van der Waals surface area contributed by atoms with Crippen LogP contribution in [0.1, 0.15) is 26.7 Å². The summed E-state index contributed by atoms with van der Waals surface area (Å²) in [4.78, 5) is 0. The summed E-state index contributed by atoms with van der Waals surface area (Å²) in [6.07, 6.45) is 2.30. The fraction of sp³-hybridized carbons (Fsp3) is 1.00. The van der Waals surface area contributed by atoms with Crippen molar-refractivity contribution in [2.45, 2.75) is 32.7 Å². The van der Waals surface area contributed by atoms with Crippen LogP contribution in [0.2, 0.25) is 0 Å². The maximum Gasteiger partial charge on any atom is 0.0191 e. The van der Waals surface area contributed by atoms with Crippen molar-refractivity contribution in [3.05, 3.63) is 0 Å². The number of hydrogen-bond acceptors (Lipinski definition) is 2. The van der Waals surface area contributed by atoms with E-state index in [-0.39, 0.29) is 6.04 Å². The second-order valence-corrected chi connectivity index (χ2v) is 2.48. The summed E-state index contributed by atoms with van der Waals surface area (Å²) < 4.78 is 0. The van der Waals surface area contributed by atoms with E-state index >= 15 is 0 Å². The first-order valence-corrected chi connectivity index (χ1v) is 3.71. The van der Waals surface area contributed by atoms with Crippen molar-refractivity contribution in [2.75, 3.05) is 6.54 Å². The topological polar surface area (TPSA) is 52.0 Å². The van der Waals surface area contributed by atoms with Crippen LogP contribution < -0.4 is 11.5 Å². The Morgan fingerprint density at radius 3 is 1.78 bits per heavy atom. The highest BCUT2D eigenvalue weighted by Crippen LogP contribution is 2.09. The third-order valence-corrected chi connectivity index (χ3v) is 1.93. The largest absolute Gasteiger partial charge is 0.329 e. The zero-order chi connectivity index (χ0) is 7.28. The molecule has 0 amide bonds. The summed E-state index contributed by atoms with van der Waals surface area (Å²) in [7, 11) is 0. The first kappa shape index (κ1) is 8.92. The molecule has 0 saturated heterocycles. The molecule has 0 heterocycles. The van der Waals surface area contributed by atoms with Crippen molar-refractivity contribution < 1.29 is 0 Å². The predicted molar refractivity (Wildman–Crippen MR) is 41.1 cm³/mol. The van der Waals surface area contributed by atoms with Gasteiger partial charge >= 0.3 is 0 Å².